The van der Waals surface area contributed by atoms with Gasteiger partial charge in [-0.2, -0.15) is 4.98 Å². The number of aliphatic hydroxyl groups is 1. The van der Waals surface area contributed by atoms with Crippen LogP contribution in [0.1, 0.15) is 61.3 Å². The van der Waals surface area contributed by atoms with Gasteiger partial charge in [-0.25, -0.2) is 9.37 Å². The Morgan fingerprint density at radius 1 is 1.18 bits per heavy atom. The minimum atomic E-state index is -0.471. The summed E-state index contributed by atoms with van der Waals surface area (Å²) in [6, 6.07) is 4.85. The number of ether oxygens (including phenoxy) is 1. The molecule has 204 valence electrons. The number of halogens is 1. The number of aliphatic hydroxyl groups excluding tert-OH is 1. The first-order valence-corrected chi connectivity index (χ1v) is 13.3. The molecule has 2 saturated heterocycles. The molecule has 0 bridgehead atoms. The second-order valence-corrected chi connectivity index (χ2v) is 10.3. The summed E-state index contributed by atoms with van der Waals surface area (Å²) < 4.78 is 20.1. The highest BCUT2D eigenvalue weighted by Gasteiger charge is 2.39. The first kappa shape index (κ1) is 26.1. The molecule has 3 aliphatic heterocycles. The number of anilines is 2. The van der Waals surface area contributed by atoms with E-state index in [0.717, 1.165) is 36.3 Å². The van der Waals surface area contributed by atoms with E-state index < -0.39 is 5.82 Å². The van der Waals surface area contributed by atoms with Gasteiger partial charge in [0.05, 0.1) is 19.2 Å². The molecule has 1 N–H and O–H groups in total. The summed E-state index contributed by atoms with van der Waals surface area (Å²) in [6.07, 6.45) is 1.73. The van der Waals surface area contributed by atoms with Crippen LogP contribution < -0.4 is 14.5 Å². The summed E-state index contributed by atoms with van der Waals surface area (Å²) >= 11 is 0. The highest BCUT2D eigenvalue weighted by Crippen LogP contribution is 2.41. The van der Waals surface area contributed by atoms with E-state index in [9.17, 15) is 14.0 Å². The number of carbonyl (C=O) groups is 2. The predicted octanol–water partition coefficient (Wildman–Crippen LogP) is 2.36. The third-order valence-electron chi connectivity index (χ3n) is 7.61. The van der Waals surface area contributed by atoms with Crippen LogP contribution in [0.25, 0.3) is 0 Å². The number of hydrogen-bond donors (Lipinski definition) is 1. The zero-order valence-corrected chi connectivity index (χ0v) is 22.2. The summed E-state index contributed by atoms with van der Waals surface area (Å²) in [5, 5.41) is 8.99. The van der Waals surface area contributed by atoms with Crippen LogP contribution in [0.2, 0.25) is 0 Å². The van der Waals surface area contributed by atoms with E-state index in [0.29, 0.717) is 44.4 Å². The zero-order valence-electron chi connectivity index (χ0n) is 22.2. The van der Waals surface area contributed by atoms with Gasteiger partial charge in [-0.05, 0) is 44.4 Å². The van der Waals surface area contributed by atoms with E-state index >= 15 is 0 Å². The van der Waals surface area contributed by atoms with Crippen molar-refractivity contribution in [3.8, 4) is 5.75 Å². The summed E-state index contributed by atoms with van der Waals surface area (Å²) in [5.41, 5.74) is 2.05. The smallest absolute Gasteiger partial charge is 0.273 e. The van der Waals surface area contributed by atoms with Crippen LogP contribution in [0.4, 0.5) is 16.2 Å². The van der Waals surface area contributed by atoms with Crippen molar-refractivity contribution in [2.75, 3.05) is 55.7 Å². The van der Waals surface area contributed by atoms with Crippen LogP contribution >= 0.6 is 0 Å². The molecule has 3 aliphatic rings. The molecule has 11 heteroatoms. The molecule has 4 heterocycles. The maximum atomic E-state index is 14.8. The fourth-order valence-corrected chi connectivity index (χ4v) is 5.54. The molecule has 0 saturated carbocycles. The maximum absolute atomic E-state index is 14.8. The summed E-state index contributed by atoms with van der Waals surface area (Å²) in [5.74, 6) is 0.795. The number of rotatable bonds is 7. The van der Waals surface area contributed by atoms with E-state index in [1.54, 1.807) is 22.8 Å². The number of fused-ring (bicyclic) bond motifs is 1. The van der Waals surface area contributed by atoms with Gasteiger partial charge in [0.1, 0.15) is 18.1 Å². The summed E-state index contributed by atoms with van der Waals surface area (Å²) in [6.45, 7) is 8.88. The summed E-state index contributed by atoms with van der Waals surface area (Å²) in [7, 11) is 0. The predicted molar refractivity (Wildman–Crippen MR) is 140 cm³/mol. The number of aromatic nitrogens is 2. The molecule has 2 amide bonds. The standard InChI is InChI=1S/C27H35FN6O4/c1-17(2)34-16-20-24(26(34)37)29-27(32-11-9-31(10-12-32)18(3)36)30-25(20)33-8-4-5-22(33)19-6-7-23(21(28)15-19)38-14-13-35/h6-7,15,17,22,35H,4-5,8-14,16H2,1-3H3. The molecule has 5 rings (SSSR count). The lowest BCUT2D eigenvalue weighted by Gasteiger charge is -2.35. The topological polar surface area (TPSA) is 102 Å². The Bertz CT molecular complexity index is 1220. The first-order chi connectivity index (χ1) is 18.3. The van der Waals surface area contributed by atoms with Gasteiger partial charge < -0.3 is 29.4 Å². The molecule has 1 unspecified atom stereocenters. The van der Waals surface area contributed by atoms with Crippen LogP contribution in [0.3, 0.4) is 0 Å². The lowest BCUT2D eigenvalue weighted by atomic mass is 10.0. The molecule has 38 heavy (non-hydrogen) atoms. The van der Waals surface area contributed by atoms with E-state index in [-0.39, 0.29) is 42.9 Å². The molecular weight excluding hydrogens is 491 g/mol. The van der Waals surface area contributed by atoms with Crippen molar-refractivity contribution in [1.82, 2.24) is 19.8 Å². The Kier molecular flexibility index (Phi) is 7.38. The van der Waals surface area contributed by atoms with E-state index in [1.807, 2.05) is 24.8 Å². The number of amides is 2. The number of nitrogens with zero attached hydrogens (tertiary/aromatic N) is 6. The van der Waals surface area contributed by atoms with Crippen LogP contribution in [0.5, 0.6) is 5.75 Å². The van der Waals surface area contributed by atoms with Crippen LogP contribution in [-0.2, 0) is 11.3 Å². The second kappa shape index (κ2) is 10.7. The van der Waals surface area contributed by atoms with Gasteiger partial charge in [0.25, 0.3) is 5.91 Å². The van der Waals surface area contributed by atoms with Crippen LogP contribution in [0, 0.1) is 5.82 Å². The fourth-order valence-electron chi connectivity index (χ4n) is 5.54. The highest BCUT2D eigenvalue weighted by atomic mass is 19.1. The Morgan fingerprint density at radius 3 is 2.61 bits per heavy atom. The van der Waals surface area contributed by atoms with Crippen molar-refractivity contribution < 1.29 is 23.8 Å². The van der Waals surface area contributed by atoms with E-state index in [1.165, 1.54) is 6.07 Å². The normalized spacial score (nSPS) is 19.5. The van der Waals surface area contributed by atoms with E-state index in [2.05, 4.69) is 4.90 Å². The molecule has 1 atom stereocenters. The number of piperazine rings is 1. The SMILES string of the molecule is CC(=O)N1CCN(c2nc3c(c(N4CCCC4c4ccc(OCCO)c(F)c4)n2)CN(C(C)C)C3=O)CC1. The van der Waals surface area contributed by atoms with Gasteiger partial charge >= 0.3 is 0 Å². The molecule has 2 fully saturated rings. The Hall–Kier alpha value is -3.47. The number of carbonyl (C=O) groups excluding carboxylic acids is 2. The van der Waals surface area contributed by atoms with Gasteiger partial charge in [0.2, 0.25) is 11.9 Å². The fraction of sp³-hybridized carbons (Fsp3) is 0.556. The van der Waals surface area contributed by atoms with Crippen molar-refractivity contribution in [3.05, 3.63) is 40.8 Å². The zero-order chi connectivity index (χ0) is 27.0. The maximum Gasteiger partial charge on any atom is 0.273 e. The highest BCUT2D eigenvalue weighted by molar-refractivity contribution is 5.98. The summed E-state index contributed by atoms with van der Waals surface area (Å²) in [4.78, 5) is 42.7. The quantitative estimate of drug-likeness (QED) is 0.587. The molecule has 10 nitrogen and oxygen atoms in total. The average Bonchev–Trinajstić information content (AvgIpc) is 3.52. The molecule has 2 aromatic rings. The lowest BCUT2D eigenvalue weighted by Crippen LogP contribution is -2.48. The van der Waals surface area contributed by atoms with Crippen molar-refractivity contribution in [3.63, 3.8) is 0 Å². The minimum absolute atomic E-state index is 0.0158. The van der Waals surface area contributed by atoms with Crippen LogP contribution in [-0.4, -0.2) is 88.7 Å². The van der Waals surface area contributed by atoms with Gasteiger partial charge in [0, 0.05) is 51.3 Å². The van der Waals surface area contributed by atoms with Crippen LogP contribution in [0.15, 0.2) is 18.2 Å². The van der Waals surface area contributed by atoms with Gasteiger partial charge in [-0.3, -0.25) is 9.59 Å². The molecule has 1 aromatic heterocycles. The minimum Gasteiger partial charge on any atom is -0.488 e. The van der Waals surface area contributed by atoms with E-state index in [4.69, 9.17) is 19.8 Å². The van der Waals surface area contributed by atoms with Gasteiger partial charge in [-0.1, -0.05) is 6.07 Å². The van der Waals surface area contributed by atoms with Crippen molar-refractivity contribution >= 4 is 23.6 Å². The Morgan fingerprint density at radius 2 is 1.95 bits per heavy atom. The molecule has 0 spiro atoms. The molecular formula is C27H35FN6O4. The number of hydrogen-bond acceptors (Lipinski definition) is 8. The largest absolute Gasteiger partial charge is 0.488 e. The first-order valence-electron chi connectivity index (χ1n) is 13.3. The molecule has 0 radical (unpaired) electrons. The molecule has 1 aromatic carbocycles. The lowest BCUT2D eigenvalue weighted by molar-refractivity contribution is -0.129. The third kappa shape index (κ3) is 4.87. The third-order valence-corrected chi connectivity index (χ3v) is 7.61. The van der Waals surface area contributed by atoms with Crippen molar-refractivity contribution in [2.24, 2.45) is 0 Å². The number of benzene rings is 1. The van der Waals surface area contributed by atoms with Crippen molar-refractivity contribution in [2.45, 2.75) is 52.2 Å². The Labute approximate surface area is 222 Å². The van der Waals surface area contributed by atoms with Gasteiger partial charge in [-0.15, -0.1) is 0 Å². The van der Waals surface area contributed by atoms with Gasteiger partial charge in [0.15, 0.2) is 11.6 Å². The second-order valence-electron chi connectivity index (χ2n) is 10.3. The molecule has 0 aliphatic carbocycles. The average molecular weight is 527 g/mol. The Balaban J connectivity index is 1.50. The monoisotopic (exact) mass is 526 g/mol. The van der Waals surface area contributed by atoms with Crippen molar-refractivity contribution in [1.29, 1.82) is 0 Å².